The number of amides is 1. The molecule has 0 spiro atoms. The Morgan fingerprint density at radius 3 is 2.64 bits per heavy atom. The number of rotatable bonds is 4. The number of pyridine rings is 1. The lowest BCUT2D eigenvalue weighted by Gasteiger charge is -2.19. The maximum absolute atomic E-state index is 12.5. The zero-order valence-corrected chi connectivity index (χ0v) is 22.3. The van der Waals surface area contributed by atoms with Gasteiger partial charge < -0.3 is 10.1 Å². The lowest BCUT2D eigenvalue weighted by atomic mass is 9.94. The van der Waals surface area contributed by atoms with E-state index in [-0.39, 0.29) is 12.1 Å². The van der Waals surface area contributed by atoms with E-state index in [1.54, 1.807) is 43.9 Å². The first-order valence-corrected chi connectivity index (χ1v) is 12.4. The van der Waals surface area contributed by atoms with Gasteiger partial charge in [0.25, 0.3) is 5.56 Å². The molecular weight excluding hydrogens is 494 g/mol. The molecule has 0 unspecified atom stereocenters. The van der Waals surface area contributed by atoms with Crippen LogP contribution in [-0.4, -0.2) is 36.7 Å². The largest absolute Gasteiger partial charge is 0.444 e. The molecule has 0 fully saturated rings. The summed E-state index contributed by atoms with van der Waals surface area (Å²) >= 11 is 0. The molecule has 196 valence electrons. The number of alkyl carbamates (subject to hydrolysis) is 1. The highest BCUT2D eigenvalue weighted by molar-refractivity contribution is 5.96. The third kappa shape index (κ3) is 4.94. The first-order valence-electron chi connectivity index (χ1n) is 12.4. The van der Waals surface area contributed by atoms with Crippen LogP contribution in [0, 0.1) is 18.3 Å². The van der Waals surface area contributed by atoms with Crippen molar-refractivity contribution in [3.63, 3.8) is 0 Å². The molecule has 3 aromatic heterocycles. The number of aromatic amines is 1. The van der Waals surface area contributed by atoms with E-state index in [9.17, 15) is 14.9 Å². The van der Waals surface area contributed by atoms with Gasteiger partial charge in [0, 0.05) is 35.1 Å². The first-order chi connectivity index (χ1) is 18.6. The molecule has 0 aliphatic rings. The summed E-state index contributed by atoms with van der Waals surface area (Å²) in [6, 6.07) is 13.5. The van der Waals surface area contributed by atoms with Crippen molar-refractivity contribution >= 4 is 27.8 Å². The Morgan fingerprint density at radius 2 is 1.90 bits per heavy atom. The predicted octanol–water partition coefficient (Wildman–Crippen LogP) is 4.74. The van der Waals surface area contributed by atoms with Gasteiger partial charge >= 0.3 is 6.09 Å². The van der Waals surface area contributed by atoms with Crippen LogP contribution in [-0.2, 0) is 18.3 Å². The molecule has 3 heterocycles. The third-order valence-corrected chi connectivity index (χ3v) is 6.29. The standard InChI is InChI=1S/C29H27N7O3/c1-16-10-20-22(12-30)18(8-9-24(20)31-13-16)26-23(14-33-36(26)5)17-6-7-19-21(11-17)25(34-35-27(19)37)15-32-28(38)39-29(2,3)4/h6-11,13-14H,15H2,1-5H3,(H,32,38)(H,35,37). The van der Waals surface area contributed by atoms with Gasteiger partial charge in [-0.2, -0.15) is 15.5 Å². The molecule has 2 aromatic carbocycles. The second-order valence-corrected chi connectivity index (χ2v) is 10.3. The van der Waals surface area contributed by atoms with E-state index in [1.165, 1.54) is 0 Å². The molecule has 0 saturated heterocycles. The van der Waals surface area contributed by atoms with Crippen molar-refractivity contribution in [1.82, 2.24) is 30.3 Å². The summed E-state index contributed by atoms with van der Waals surface area (Å²) in [6.07, 6.45) is 2.92. The molecule has 0 radical (unpaired) electrons. The van der Waals surface area contributed by atoms with Gasteiger partial charge in [0.15, 0.2) is 0 Å². The number of ether oxygens (including phenoxy) is 1. The van der Waals surface area contributed by atoms with Crippen molar-refractivity contribution in [2.45, 2.75) is 39.8 Å². The number of aryl methyl sites for hydroxylation is 2. The van der Waals surface area contributed by atoms with Crippen LogP contribution in [0.3, 0.4) is 0 Å². The van der Waals surface area contributed by atoms with Crippen LogP contribution in [0.15, 0.2) is 53.6 Å². The lowest BCUT2D eigenvalue weighted by molar-refractivity contribution is 0.0523. The van der Waals surface area contributed by atoms with Gasteiger partial charge in [0.05, 0.1) is 40.6 Å². The van der Waals surface area contributed by atoms with Crippen LogP contribution in [0.2, 0.25) is 0 Å². The molecule has 0 saturated carbocycles. The number of fused-ring (bicyclic) bond motifs is 2. The fourth-order valence-corrected chi connectivity index (χ4v) is 4.58. The topological polar surface area (TPSA) is 139 Å². The molecule has 0 aliphatic heterocycles. The van der Waals surface area contributed by atoms with Crippen LogP contribution < -0.4 is 10.9 Å². The van der Waals surface area contributed by atoms with E-state index in [0.717, 1.165) is 38.9 Å². The summed E-state index contributed by atoms with van der Waals surface area (Å²) in [4.78, 5) is 29.2. The number of nitrogens with zero attached hydrogens (tertiary/aromatic N) is 5. The van der Waals surface area contributed by atoms with Gasteiger partial charge in [-0.05, 0) is 69.2 Å². The zero-order valence-electron chi connectivity index (χ0n) is 22.3. The molecule has 39 heavy (non-hydrogen) atoms. The quantitative estimate of drug-likeness (QED) is 0.348. The van der Waals surface area contributed by atoms with Crippen molar-refractivity contribution in [2.24, 2.45) is 7.05 Å². The number of carbonyl (C=O) groups excluding carboxylic acids is 1. The highest BCUT2D eigenvalue weighted by Gasteiger charge is 2.20. The normalized spacial score (nSPS) is 11.5. The molecule has 2 N–H and O–H groups in total. The minimum atomic E-state index is -0.645. The summed E-state index contributed by atoms with van der Waals surface area (Å²) in [5.41, 5.74) is 4.74. The van der Waals surface area contributed by atoms with Gasteiger partial charge in [-0.15, -0.1) is 0 Å². The minimum absolute atomic E-state index is 0.0567. The number of hydrogen-bond acceptors (Lipinski definition) is 7. The molecule has 5 rings (SSSR count). The Morgan fingerprint density at radius 1 is 1.10 bits per heavy atom. The number of benzene rings is 2. The fraction of sp³-hybridized carbons (Fsp3) is 0.241. The number of nitriles is 1. The van der Waals surface area contributed by atoms with Crippen molar-refractivity contribution < 1.29 is 9.53 Å². The summed E-state index contributed by atoms with van der Waals surface area (Å²) in [5.74, 6) is 0. The highest BCUT2D eigenvalue weighted by atomic mass is 16.6. The van der Waals surface area contributed by atoms with E-state index in [4.69, 9.17) is 4.74 Å². The number of aromatic nitrogens is 5. The number of nitrogens with one attached hydrogen (secondary N) is 2. The summed E-state index contributed by atoms with van der Waals surface area (Å²) in [5, 5.41) is 25.8. The Labute approximate surface area is 224 Å². The van der Waals surface area contributed by atoms with Crippen LogP contribution in [0.25, 0.3) is 44.1 Å². The average Bonchev–Trinajstić information content (AvgIpc) is 3.27. The van der Waals surface area contributed by atoms with Gasteiger partial charge in [-0.1, -0.05) is 6.07 Å². The van der Waals surface area contributed by atoms with Crippen molar-refractivity contribution in [3.05, 3.63) is 76.0 Å². The molecule has 0 atom stereocenters. The number of H-pyrrole nitrogens is 1. The maximum atomic E-state index is 12.5. The second-order valence-electron chi connectivity index (χ2n) is 10.3. The summed E-state index contributed by atoms with van der Waals surface area (Å²) in [7, 11) is 1.82. The van der Waals surface area contributed by atoms with Crippen molar-refractivity contribution in [2.75, 3.05) is 0 Å². The molecule has 0 bridgehead atoms. The number of hydrogen-bond donors (Lipinski definition) is 2. The van der Waals surface area contributed by atoms with Crippen LogP contribution in [0.1, 0.15) is 37.6 Å². The monoisotopic (exact) mass is 521 g/mol. The fourth-order valence-electron chi connectivity index (χ4n) is 4.58. The molecule has 10 heteroatoms. The molecular formula is C29H27N7O3. The third-order valence-electron chi connectivity index (χ3n) is 6.29. The predicted molar refractivity (Wildman–Crippen MR) is 148 cm³/mol. The van der Waals surface area contributed by atoms with E-state index in [1.807, 2.05) is 44.3 Å². The van der Waals surface area contributed by atoms with Crippen LogP contribution in [0.5, 0.6) is 0 Å². The average molecular weight is 522 g/mol. The number of carbonyl (C=O) groups is 1. The molecule has 5 aromatic rings. The maximum Gasteiger partial charge on any atom is 0.407 e. The molecule has 10 nitrogen and oxygen atoms in total. The molecule has 0 aliphatic carbocycles. The lowest BCUT2D eigenvalue weighted by Crippen LogP contribution is -2.32. The smallest absolute Gasteiger partial charge is 0.407 e. The van der Waals surface area contributed by atoms with Gasteiger partial charge in [-0.3, -0.25) is 14.5 Å². The van der Waals surface area contributed by atoms with Crippen molar-refractivity contribution in [3.8, 4) is 28.5 Å². The SMILES string of the molecule is Cc1cnc2ccc(-c3c(-c4ccc5c(=O)[nH]nc(CNC(=O)OC(C)(C)C)c5c4)cnn3C)c(C#N)c2c1. The Kier molecular flexibility index (Phi) is 6.36. The highest BCUT2D eigenvalue weighted by Crippen LogP contribution is 2.37. The van der Waals surface area contributed by atoms with Gasteiger partial charge in [0.2, 0.25) is 0 Å². The Bertz CT molecular complexity index is 1860. The van der Waals surface area contributed by atoms with Gasteiger partial charge in [0.1, 0.15) is 11.7 Å². The molecule has 1 amide bonds. The van der Waals surface area contributed by atoms with E-state index >= 15 is 0 Å². The van der Waals surface area contributed by atoms with Crippen molar-refractivity contribution in [1.29, 1.82) is 5.26 Å². The van der Waals surface area contributed by atoms with E-state index < -0.39 is 11.7 Å². The van der Waals surface area contributed by atoms with Crippen LogP contribution >= 0.6 is 0 Å². The Hall–Kier alpha value is -5.04. The second kappa shape index (κ2) is 9.68. The Balaban J connectivity index is 1.62. The van der Waals surface area contributed by atoms with E-state index in [0.29, 0.717) is 22.0 Å². The summed E-state index contributed by atoms with van der Waals surface area (Å²) < 4.78 is 7.05. The van der Waals surface area contributed by atoms with Gasteiger partial charge in [-0.25, -0.2) is 9.89 Å². The van der Waals surface area contributed by atoms with E-state index in [2.05, 4.69) is 31.7 Å². The minimum Gasteiger partial charge on any atom is -0.444 e. The first kappa shape index (κ1) is 25.6. The zero-order chi connectivity index (χ0) is 27.9. The van der Waals surface area contributed by atoms with Crippen LogP contribution in [0.4, 0.5) is 4.79 Å². The summed E-state index contributed by atoms with van der Waals surface area (Å²) in [6.45, 7) is 7.34.